The predicted molar refractivity (Wildman–Crippen MR) is 41.7 cm³/mol. The SMILES string of the molecule is [Br-].[CH2-]c1cccc(C(F)(F)F)c1.[Mg+2]. The summed E-state index contributed by atoms with van der Waals surface area (Å²) in [5.74, 6) is 0. The number of benzene rings is 1. The Hall–Kier alpha value is 0.126. The Balaban J connectivity index is 0. The molecule has 5 heteroatoms. The van der Waals surface area contributed by atoms with Gasteiger partial charge in [-0.2, -0.15) is 37.8 Å². The molecule has 0 aliphatic carbocycles. The fourth-order valence-electron chi connectivity index (χ4n) is 0.748. The molecule has 0 N–H and O–H groups in total. The van der Waals surface area contributed by atoms with E-state index in [0.29, 0.717) is 5.56 Å². The van der Waals surface area contributed by atoms with Crippen molar-refractivity contribution in [1.29, 1.82) is 0 Å². The van der Waals surface area contributed by atoms with E-state index in [0.717, 1.165) is 12.1 Å². The van der Waals surface area contributed by atoms with E-state index in [1.807, 2.05) is 0 Å². The second-order valence-corrected chi connectivity index (χ2v) is 2.20. The van der Waals surface area contributed by atoms with E-state index in [4.69, 9.17) is 0 Å². The molecule has 1 aromatic carbocycles. The smallest absolute Gasteiger partial charge is 1.00 e. The molecule has 0 amide bonds. The summed E-state index contributed by atoms with van der Waals surface area (Å²) in [7, 11) is 0. The number of hydrogen-bond acceptors (Lipinski definition) is 0. The number of hydrogen-bond donors (Lipinski definition) is 0. The Kier molecular flexibility index (Phi) is 6.92. The molecular formula is C8H6BrF3Mg. The second kappa shape index (κ2) is 5.77. The molecule has 68 valence electrons. The minimum Gasteiger partial charge on any atom is -1.00 e. The van der Waals surface area contributed by atoms with Crippen LogP contribution < -0.4 is 17.0 Å². The van der Waals surface area contributed by atoms with Crippen molar-refractivity contribution in [3.63, 3.8) is 0 Å². The molecule has 1 rings (SSSR count). The van der Waals surface area contributed by atoms with Crippen LogP contribution in [0.3, 0.4) is 0 Å². The van der Waals surface area contributed by atoms with E-state index in [2.05, 4.69) is 6.92 Å². The Labute approximate surface area is 101 Å². The van der Waals surface area contributed by atoms with Gasteiger partial charge in [0, 0.05) is 0 Å². The standard InChI is InChI=1S/C8H6F3.BrH.Mg/c1-6-3-2-4-7(5-6)8(9,10)11;;/h2-5H,1H2;1H;/q-1;;+2/p-1. The fraction of sp³-hybridized carbons (Fsp3) is 0.125. The molecule has 0 atom stereocenters. The summed E-state index contributed by atoms with van der Waals surface area (Å²) < 4.78 is 35.8. The van der Waals surface area contributed by atoms with Crippen molar-refractivity contribution in [3.05, 3.63) is 42.3 Å². The Morgan fingerprint density at radius 2 is 1.69 bits per heavy atom. The molecule has 0 fully saturated rings. The van der Waals surface area contributed by atoms with Gasteiger partial charge in [0.1, 0.15) is 0 Å². The summed E-state index contributed by atoms with van der Waals surface area (Å²) in [5, 5.41) is 0. The van der Waals surface area contributed by atoms with E-state index < -0.39 is 11.7 Å². The quantitative estimate of drug-likeness (QED) is 0.438. The van der Waals surface area contributed by atoms with Crippen LogP contribution in [0.1, 0.15) is 11.1 Å². The van der Waals surface area contributed by atoms with Crippen LogP contribution >= 0.6 is 0 Å². The summed E-state index contributed by atoms with van der Waals surface area (Å²) in [6.45, 7) is 3.39. The first-order chi connectivity index (χ1) is 5.00. The molecule has 0 heterocycles. The van der Waals surface area contributed by atoms with Gasteiger partial charge in [0.2, 0.25) is 0 Å². The fourth-order valence-corrected chi connectivity index (χ4v) is 0.748. The van der Waals surface area contributed by atoms with Crippen LogP contribution in [-0.4, -0.2) is 23.1 Å². The number of halogens is 4. The predicted octanol–water partition coefficient (Wildman–Crippen LogP) is -0.489. The van der Waals surface area contributed by atoms with E-state index in [1.165, 1.54) is 12.1 Å². The zero-order chi connectivity index (χ0) is 8.48. The van der Waals surface area contributed by atoms with Crippen LogP contribution in [0.25, 0.3) is 0 Å². The van der Waals surface area contributed by atoms with E-state index in [9.17, 15) is 13.2 Å². The van der Waals surface area contributed by atoms with Gasteiger partial charge < -0.3 is 17.0 Å². The largest absolute Gasteiger partial charge is 2.00 e. The molecule has 0 aliphatic rings. The first-order valence-corrected chi connectivity index (χ1v) is 2.99. The van der Waals surface area contributed by atoms with Crippen LogP contribution in [0.15, 0.2) is 24.3 Å². The van der Waals surface area contributed by atoms with Gasteiger partial charge in [0.05, 0.1) is 0 Å². The van der Waals surface area contributed by atoms with Gasteiger partial charge in [0.25, 0.3) is 0 Å². The maximum Gasteiger partial charge on any atom is 2.00 e. The molecule has 1 aromatic rings. The third-order valence-electron chi connectivity index (χ3n) is 1.25. The normalized spacial score (nSPS) is 9.77. The second-order valence-electron chi connectivity index (χ2n) is 2.20. The average molecular weight is 263 g/mol. The summed E-state index contributed by atoms with van der Waals surface area (Å²) in [6, 6.07) is 4.90. The van der Waals surface area contributed by atoms with Gasteiger partial charge in [-0.25, -0.2) is 0 Å². The van der Waals surface area contributed by atoms with Crippen molar-refractivity contribution in [2.75, 3.05) is 0 Å². The Morgan fingerprint density at radius 3 is 2.00 bits per heavy atom. The maximum atomic E-state index is 11.9. The zero-order valence-electron chi connectivity index (χ0n) is 6.74. The van der Waals surface area contributed by atoms with Crippen LogP contribution in [0.4, 0.5) is 13.2 Å². The topological polar surface area (TPSA) is 0 Å². The first kappa shape index (κ1) is 15.6. The van der Waals surface area contributed by atoms with Gasteiger partial charge in [-0.3, -0.25) is 0 Å². The van der Waals surface area contributed by atoms with Crippen molar-refractivity contribution >= 4 is 23.1 Å². The van der Waals surface area contributed by atoms with Crippen LogP contribution in [0.5, 0.6) is 0 Å². The molecule has 13 heavy (non-hydrogen) atoms. The molecular weight excluding hydrogens is 257 g/mol. The minimum atomic E-state index is -4.26. The van der Waals surface area contributed by atoms with E-state index in [-0.39, 0.29) is 40.0 Å². The van der Waals surface area contributed by atoms with Crippen LogP contribution in [-0.2, 0) is 6.18 Å². The summed E-state index contributed by atoms with van der Waals surface area (Å²) >= 11 is 0. The summed E-state index contributed by atoms with van der Waals surface area (Å²) in [4.78, 5) is 0. The monoisotopic (exact) mass is 262 g/mol. The van der Waals surface area contributed by atoms with E-state index in [1.54, 1.807) is 0 Å². The molecule has 0 saturated heterocycles. The van der Waals surface area contributed by atoms with E-state index >= 15 is 0 Å². The molecule has 0 bridgehead atoms. The first-order valence-electron chi connectivity index (χ1n) is 2.99. The van der Waals surface area contributed by atoms with Gasteiger partial charge in [-0.05, 0) is 5.56 Å². The maximum absolute atomic E-state index is 11.9. The van der Waals surface area contributed by atoms with Gasteiger partial charge >= 0.3 is 29.2 Å². The molecule has 0 saturated carbocycles. The zero-order valence-corrected chi connectivity index (χ0v) is 9.74. The third-order valence-corrected chi connectivity index (χ3v) is 1.25. The molecule has 0 nitrogen and oxygen atoms in total. The number of alkyl halides is 3. The van der Waals surface area contributed by atoms with Crippen molar-refractivity contribution in [3.8, 4) is 0 Å². The minimum absolute atomic E-state index is 0. The molecule has 0 spiro atoms. The average Bonchev–Trinajstić information content (AvgIpc) is 1.86. The number of rotatable bonds is 0. The van der Waals surface area contributed by atoms with Crippen molar-refractivity contribution in [2.45, 2.75) is 6.18 Å². The van der Waals surface area contributed by atoms with Crippen LogP contribution in [0.2, 0.25) is 0 Å². The molecule has 0 radical (unpaired) electrons. The molecule has 0 unspecified atom stereocenters. The van der Waals surface area contributed by atoms with Crippen molar-refractivity contribution < 1.29 is 30.2 Å². The van der Waals surface area contributed by atoms with Gasteiger partial charge in [-0.15, -0.1) is 6.07 Å². The van der Waals surface area contributed by atoms with Gasteiger partial charge in [-0.1, -0.05) is 6.07 Å². The van der Waals surface area contributed by atoms with Crippen molar-refractivity contribution in [2.24, 2.45) is 0 Å². The molecule has 0 aromatic heterocycles. The van der Waals surface area contributed by atoms with Crippen molar-refractivity contribution in [1.82, 2.24) is 0 Å². The molecule has 0 aliphatic heterocycles. The third kappa shape index (κ3) is 4.78. The Bertz CT molecular complexity index is 260. The Morgan fingerprint density at radius 1 is 1.15 bits per heavy atom. The van der Waals surface area contributed by atoms with Crippen LogP contribution in [0, 0.1) is 6.92 Å². The summed E-state index contributed by atoms with van der Waals surface area (Å²) in [6.07, 6.45) is -4.26. The van der Waals surface area contributed by atoms with Gasteiger partial charge in [0.15, 0.2) is 0 Å². The summed E-state index contributed by atoms with van der Waals surface area (Å²) in [5.41, 5.74) is -0.273.